The average Bonchev–Trinajstić information content (AvgIpc) is 3.13. The fourth-order valence-electron chi connectivity index (χ4n) is 4.34. The van der Waals surface area contributed by atoms with E-state index in [2.05, 4.69) is 13.8 Å². The van der Waals surface area contributed by atoms with Crippen LogP contribution in [0, 0.1) is 12.8 Å². The summed E-state index contributed by atoms with van der Waals surface area (Å²) in [7, 11) is 1.50. The summed E-state index contributed by atoms with van der Waals surface area (Å²) in [6.07, 6.45) is 0. The Balaban J connectivity index is 1.77. The third-order valence-electron chi connectivity index (χ3n) is 6.19. The first-order valence-corrected chi connectivity index (χ1v) is 12.5. The Morgan fingerprint density at radius 3 is 2.38 bits per heavy atom. The van der Waals surface area contributed by atoms with Crippen molar-refractivity contribution in [1.82, 2.24) is 4.90 Å². The fourth-order valence-corrected chi connectivity index (χ4v) is 4.55. The molecule has 0 radical (unpaired) electrons. The van der Waals surface area contributed by atoms with Crippen LogP contribution in [0.4, 0.5) is 0 Å². The lowest BCUT2D eigenvalue weighted by molar-refractivity contribution is -0.140. The van der Waals surface area contributed by atoms with Crippen molar-refractivity contribution in [1.29, 1.82) is 0 Å². The molecule has 6 nitrogen and oxygen atoms in total. The van der Waals surface area contributed by atoms with Crippen molar-refractivity contribution >= 4 is 29.1 Å². The van der Waals surface area contributed by atoms with Crippen molar-refractivity contribution in [3.63, 3.8) is 0 Å². The average molecular weight is 520 g/mol. The van der Waals surface area contributed by atoms with E-state index in [9.17, 15) is 14.7 Å². The van der Waals surface area contributed by atoms with Crippen LogP contribution >= 0.6 is 11.6 Å². The summed E-state index contributed by atoms with van der Waals surface area (Å²) in [5.41, 5.74) is 2.73. The van der Waals surface area contributed by atoms with Gasteiger partial charge in [0.25, 0.3) is 11.7 Å². The summed E-state index contributed by atoms with van der Waals surface area (Å²) in [4.78, 5) is 28.2. The summed E-state index contributed by atoms with van der Waals surface area (Å²) >= 11 is 6.38. The number of aliphatic hydroxyl groups excluding tert-OH is 1. The normalized spacial score (nSPS) is 16.9. The highest BCUT2D eigenvalue weighted by Crippen LogP contribution is 2.42. The van der Waals surface area contributed by atoms with Gasteiger partial charge in [0.2, 0.25) is 0 Å². The Morgan fingerprint density at radius 2 is 1.73 bits per heavy atom. The second kappa shape index (κ2) is 11.1. The number of rotatable bonds is 8. The van der Waals surface area contributed by atoms with Gasteiger partial charge in [0.1, 0.15) is 17.3 Å². The van der Waals surface area contributed by atoms with Crippen molar-refractivity contribution in [2.75, 3.05) is 13.7 Å². The first-order chi connectivity index (χ1) is 17.7. The van der Waals surface area contributed by atoms with E-state index in [1.807, 2.05) is 55.5 Å². The van der Waals surface area contributed by atoms with Gasteiger partial charge in [-0.25, -0.2) is 0 Å². The molecular weight excluding hydrogens is 490 g/mol. The number of hydrogen-bond donors (Lipinski definition) is 1. The van der Waals surface area contributed by atoms with Gasteiger partial charge in [0.05, 0.1) is 30.4 Å². The molecule has 192 valence electrons. The number of aryl methyl sites for hydroxylation is 1. The molecule has 0 aliphatic carbocycles. The number of halogens is 1. The van der Waals surface area contributed by atoms with Crippen LogP contribution in [0.2, 0.25) is 5.02 Å². The molecule has 0 saturated carbocycles. The predicted molar refractivity (Wildman–Crippen MR) is 144 cm³/mol. The van der Waals surface area contributed by atoms with Gasteiger partial charge in [-0.3, -0.25) is 9.59 Å². The van der Waals surface area contributed by atoms with Crippen LogP contribution < -0.4 is 9.47 Å². The standard InChI is InChI=1S/C30H30ClNO5/c1-18(2)17-37-22-10-8-20(9-11-22)16-32-27(21-7-5-6-19(3)14-21)26(29(34)30(32)35)28(33)24-15-23(36-4)12-13-25(24)31/h5-15,18,27,33H,16-17H2,1-4H3/b28-26+. The Kier molecular flexibility index (Phi) is 7.89. The Labute approximate surface area is 222 Å². The predicted octanol–water partition coefficient (Wildman–Crippen LogP) is 6.31. The molecule has 1 N–H and O–H groups in total. The first-order valence-electron chi connectivity index (χ1n) is 12.1. The van der Waals surface area contributed by atoms with Crippen molar-refractivity contribution in [2.24, 2.45) is 5.92 Å². The van der Waals surface area contributed by atoms with Crippen molar-refractivity contribution in [3.8, 4) is 11.5 Å². The molecular formula is C30H30ClNO5. The van der Waals surface area contributed by atoms with Gasteiger partial charge in [-0.15, -0.1) is 0 Å². The van der Waals surface area contributed by atoms with Gasteiger partial charge in [0.15, 0.2) is 0 Å². The van der Waals surface area contributed by atoms with Gasteiger partial charge >= 0.3 is 0 Å². The highest BCUT2D eigenvalue weighted by atomic mass is 35.5. The number of nitrogens with zero attached hydrogens (tertiary/aromatic N) is 1. The molecule has 1 fully saturated rings. The summed E-state index contributed by atoms with van der Waals surface area (Å²) in [5, 5.41) is 11.6. The highest BCUT2D eigenvalue weighted by Gasteiger charge is 2.46. The molecule has 37 heavy (non-hydrogen) atoms. The lowest BCUT2D eigenvalue weighted by atomic mass is 9.94. The molecule has 0 bridgehead atoms. The third kappa shape index (κ3) is 5.65. The number of amides is 1. The molecule has 1 aliphatic heterocycles. The summed E-state index contributed by atoms with van der Waals surface area (Å²) in [5.74, 6) is -0.186. The smallest absolute Gasteiger partial charge is 0.295 e. The largest absolute Gasteiger partial charge is 0.507 e. The summed E-state index contributed by atoms with van der Waals surface area (Å²) in [6.45, 7) is 6.87. The number of aliphatic hydroxyl groups is 1. The number of methoxy groups -OCH3 is 1. The molecule has 0 aromatic heterocycles. The number of ether oxygens (including phenoxy) is 2. The fraction of sp³-hybridized carbons (Fsp3) is 0.267. The zero-order valence-electron chi connectivity index (χ0n) is 21.3. The maximum absolute atomic E-state index is 13.4. The van der Waals surface area contributed by atoms with Gasteiger partial charge in [-0.05, 0) is 54.3 Å². The minimum absolute atomic E-state index is 0.0114. The molecule has 3 aromatic carbocycles. The Hall–Kier alpha value is -3.77. The highest BCUT2D eigenvalue weighted by molar-refractivity contribution is 6.47. The molecule has 1 amide bonds. The van der Waals surface area contributed by atoms with Gasteiger partial charge in [0, 0.05) is 12.1 Å². The van der Waals surface area contributed by atoms with Crippen LogP contribution in [0.25, 0.3) is 5.76 Å². The van der Waals surface area contributed by atoms with Gasteiger partial charge < -0.3 is 19.5 Å². The first kappa shape index (κ1) is 26.3. The molecule has 1 atom stereocenters. The van der Waals surface area contributed by atoms with Crippen LogP contribution in [0.1, 0.15) is 42.1 Å². The number of likely N-dealkylation sites (tertiary alicyclic amines) is 1. The number of benzene rings is 3. The number of carbonyl (C=O) groups is 2. The van der Waals surface area contributed by atoms with Crippen LogP contribution in [-0.2, 0) is 16.1 Å². The molecule has 1 aliphatic rings. The minimum atomic E-state index is -0.793. The van der Waals surface area contributed by atoms with Crippen molar-refractivity contribution in [3.05, 3.63) is 99.6 Å². The van der Waals surface area contributed by atoms with E-state index in [4.69, 9.17) is 21.1 Å². The van der Waals surface area contributed by atoms with Gasteiger partial charge in [-0.1, -0.05) is 67.4 Å². The van der Waals surface area contributed by atoms with E-state index in [1.165, 1.54) is 12.0 Å². The minimum Gasteiger partial charge on any atom is -0.507 e. The molecule has 4 rings (SSSR count). The topological polar surface area (TPSA) is 76.1 Å². The van der Waals surface area contributed by atoms with E-state index in [-0.39, 0.29) is 28.5 Å². The van der Waals surface area contributed by atoms with Crippen molar-refractivity contribution in [2.45, 2.75) is 33.4 Å². The van der Waals surface area contributed by atoms with Gasteiger partial charge in [-0.2, -0.15) is 0 Å². The summed E-state index contributed by atoms with van der Waals surface area (Å²) < 4.78 is 11.0. The molecule has 3 aromatic rings. The van der Waals surface area contributed by atoms with Crippen LogP contribution in [-0.4, -0.2) is 35.4 Å². The SMILES string of the molecule is COc1ccc(Cl)c(/C(O)=C2\C(=O)C(=O)N(Cc3ccc(OCC(C)C)cc3)C2c2cccc(C)c2)c1. The Morgan fingerprint density at radius 1 is 1.03 bits per heavy atom. The van der Waals surface area contributed by atoms with E-state index in [1.54, 1.807) is 18.2 Å². The third-order valence-corrected chi connectivity index (χ3v) is 6.52. The van der Waals surface area contributed by atoms with E-state index in [0.29, 0.717) is 18.3 Å². The number of carbonyl (C=O) groups excluding carboxylic acids is 2. The Bertz CT molecular complexity index is 1350. The van der Waals surface area contributed by atoms with Crippen LogP contribution in [0.3, 0.4) is 0 Å². The lowest BCUT2D eigenvalue weighted by Gasteiger charge is -2.26. The maximum atomic E-state index is 13.4. The molecule has 0 spiro atoms. The number of Topliss-reactive ketones (excluding diaryl/α,β-unsaturated/α-hetero) is 1. The van der Waals surface area contributed by atoms with E-state index in [0.717, 1.165) is 22.4 Å². The van der Waals surface area contributed by atoms with Crippen LogP contribution in [0.15, 0.2) is 72.3 Å². The van der Waals surface area contributed by atoms with Crippen LogP contribution in [0.5, 0.6) is 11.5 Å². The van der Waals surface area contributed by atoms with E-state index < -0.39 is 17.7 Å². The van der Waals surface area contributed by atoms with E-state index >= 15 is 0 Å². The monoisotopic (exact) mass is 519 g/mol. The molecule has 1 saturated heterocycles. The van der Waals surface area contributed by atoms with Crippen molar-refractivity contribution < 1.29 is 24.2 Å². The second-order valence-corrected chi connectivity index (χ2v) is 9.94. The quantitative estimate of drug-likeness (QED) is 0.214. The zero-order valence-corrected chi connectivity index (χ0v) is 22.1. The summed E-state index contributed by atoms with van der Waals surface area (Å²) in [6, 6.07) is 19.0. The number of ketones is 1. The molecule has 1 unspecified atom stereocenters. The second-order valence-electron chi connectivity index (χ2n) is 9.54. The molecule has 7 heteroatoms. The number of hydrogen-bond acceptors (Lipinski definition) is 5. The lowest BCUT2D eigenvalue weighted by Crippen LogP contribution is -2.29. The zero-order chi connectivity index (χ0) is 26.7. The molecule has 1 heterocycles. The maximum Gasteiger partial charge on any atom is 0.295 e.